The Morgan fingerprint density at radius 3 is 2.25 bits per heavy atom. The summed E-state index contributed by atoms with van der Waals surface area (Å²) in [5, 5.41) is 2.59. The molecule has 1 aliphatic heterocycles. The number of imide groups is 2. The normalized spacial score (nSPS) is 13.0. The molecular formula is C16H20N4O4. The number of rotatable bonds is 6. The molecule has 0 saturated carbocycles. The van der Waals surface area contributed by atoms with Gasteiger partial charge in [-0.25, -0.2) is 4.79 Å². The molecule has 0 aliphatic carbocycles. The zero-order valence-corrected chi connectivity index (χ0v) is 13.4. The molecule has 1 aromatic rings. The van der Waals surface area contributed by atoms with Crippen LogP contribution in [0.4, 0.5) is 4.79 Å². The molecule has 3 N–H and O–H groups in total. The van der Waals surface area contributed by atoms with E-state index in [1.165, 1.54) is 11.8 Å². The average molecular weight is 332 g/mol. The number of nitrogens with one attached hydrogen (secondary N) is 1. The van der Waals surface area contributed by atoms with E-state index >= 15 is 0 Å². The summed E-state index contributed by atoms with van der Waals surface area (Å²) in [5.74, 6) is -1.04. The van der Waals surface area contributed by atoms with E-state index in [0.717, 1.165) is 4.90 Å². The smallest absolute Gasteiger partial charge is 0.324 e. The van der Waals surface area contributed by atoms with E-state index in [9.17, 15) is 19.2 Å². The molecule has 1 aromatic carbocycles. The van der Waals surface area contributed by atoms with E-state index in [4.69, 9.17) is 5.73 Å². The van der Waals surface area contributed by atoms with Crippen LogP contribution in [0.2, 0.25) is 0 Å². The fourth-order valence-corrected chi connectivity index (χ4v) is 2.50. The van der Waals surface area contributed by atoms with Gasteiger partial charge in [0.2, 0.25) is 5.91 Å². The van der Waals surface area contributed by atoms with E-state index in [-0.39, 0.29) is 38.0 Å². The minimum Gasteiger partial charge on any atom is -0.338 e. The average Bonchev–Trinajstić information content (AvgIpc) is 2.81. The standard InChI is InChI=1S/C16H20N4O4/c1-11(21)19(10-7-17)16(24)18-8-4-9-20-14(22)12-5-2-3-6-13(12)15(20)23/h2-3,5-6H,4,7-10,17H2,1H3,(H,18,24). The molecule has 0 fully saturated rings. The number of nitrogens with zero attached hydrogens (tertiary/aromatic N) is 2. The number of fused-ring (bicyclic) bond motifs is 1. The van der Waals surface area contributed by atoms with Crippen molar-refractivity contribution < 1.29 is 19.2 Å². The van der Waals surface area contributed by atoms with Crippen molar-refractivity contribution in [3.8, 4) is 0 Å². The second kappa shape index (κ2) is 7.69. The second-order valence-electron chi connectivity index (χ2n) is 5.35. The molecule has 0 unspecified atom stereocenters. The highest BCUT2D eigenvalue weighted by Gasteiger charge is 2.34. The molecule has 0 saturated heterocycles. The fourth-order valence-electron chi connectivity index (χ4n) is 2.50. The SMILES string of the molecule is CC(=O)N(CCN)C(=O)NCCCN1C(=O)c2ccccc2C1=O. The van der Waals surface area contributed by atoms with Crippen LogP contribution in [0, 0.1) is 0 Å². The molecule has 24 heavy (non-hydrogen) atoms. The molecule has 128 valence electrons. The Kier molecular flexibility index (Phi) is 5.64. The number of urea groups is 1. The van der Waals surface area contributed by atoms with Gasteiger partial charge in [0.15, 0.2) is 0 Å². The van der Waals surface area contributed by atoms with Crippen LogP contribution in [0.15, 0.2) is 24.3 Å². The van der Waals surface area contributed by atoms with Gasteiger partial charge in [-0.05, 0) is 18.6 Å². The number of carbonyl (C=O) groups excluding carboxylic acids is 4. The first kappa shape index (κ1) is 17.6. The molecule has 0 atom stereocenters. The first-order valence-corrected chi connectivity index (χ1v) is 7.68. The lowest BCUT2D eigenvalue weighted by Gasteiger charge is -2.19. The number of carbonyl (C=O) groups is 4. The van der Waals surface area contributed by atoms with E-state index < -0.39 is 11.9 Å². The second-order valence-corrected chi connectivity index (χ2v) is 5.35. The predicted molar refractivity (Wildman–Crippen MR) is 86.3 cm³/mol. The van der Waals surface area contributed by atoms with Crippen molar-refractivity contribution in [2.45, 2.75) is 13.3 Å². The van der Waals surface area contributed by atoms with Crippen molar-refractivity contribution in [2.24, 2.45) is 5.73 Å². The lowest BCUT2D eigenvalue weighted by atomic mass is 10.1. The summed E-state index contributed by atoms with van der Waals surface area (Å²) in [4.78, 5) is 49.7. The van der Waals surface area contributed by atoms with Crippen molar-refractivity contribution >= 4 is 23.8 Å². The van der Waals surface area contributed by atoms with Gasteiger partial charge >= 0.3 is 6.03 Å². The van der Waals surface area contributed by atoms with Crippen molar-refractivity contribution in [1.29, 1.82) is 0 Å². The van der Waals surface area contributed by atoms with Crippen molar-refractivity contribution in [3.05, 3.63) is 35.4 Å². The Morgan fingerprint density at radius 2 is 1.75 bits per heavy atom. The first-order chi connectivity index (χ1) is 11.5. The minimum absolute atomic E-state index is 0.138. The summed E-state index contributed by atoms with van der Waals surface area (Å²) in [7, 11) is 0. The van der Waals surface area contributed by atoms with Crippen molar-refractivity contribution in [1.82, 2.24) is 15.1 Å². The van der Waals surface area contributed by atoms with E-state index in [1.54, 1.807) is 24.3 Å². The van der Waals surface area contributed by atoms with Crippen LogP contribution >= 0.6 is 0 Å². The maximum atomic E-state index is 12.2. The number of benzene rings is 1. The molecule has 8 nitrogen and oxygen atoms in total. The van der Waals surface area contributed by atoms with Gasteiger partial charge in [-0.3, -0.25) is 24.2 Å². The van der Waals surface area contributed by atoms with Gasteiger partial charge in [-0.2, -0.15) is 0 Å². The Hall–Kier alpha value is -2.74. The third-order valence-electron chi connectivity index (χ3n) is 3.69. The Bertz CT molecular complexity index is 639. The summed E-state index contributed by atoms with van der Waals surface area (Å²) < 4.78 is 0. The largest absolute Gasteiger partial charge is 0.338 e. The molecule has 1 heterocycles. The van der Waals surface area contributed by atoms with Gasteiger partial charge < -0.3 is 11.1 Å². The molecular weight excluding hydrogens is 312 g/mol. The summed E-state index contributed by atoms with van der Waals surface area (Å²) in [6.07, 6.45) is 0.394. The third kappa shape index (κ3) is 3.60. The van der Waals surface area contributed by atoms with Gasteiger partial charge in [0, 0.05) is 33.1 Å². The predicted octanol–water partition coefficient (Wildman–Crippen LogP) is 0.190. The number of hydrogen-bond donors (Lipinski definition) is 2. The Labute approximate surface area is 139 Å². The van der Waals surface area contributed by atoms with Crippen LogP contribution in [-0.2, 0) is 4.79 Å². The van der Waals surface area contributed by atoms with Crippen LogP contribution < -0.4 is 11.1 Å². The fraction of sp³-hybridized carbons (Fsp3) is 0.375. The van der Waals surface area contributed by atoms with Crippen LogP contribution in [0.1, 0.15) is 34.1 Å². The molecule has 5 amide bonds. The quantitative estimate of drug-likeness (QED) is 0.570. The van der Waals surface area contributed by atoms with Crippen LogP contribution in [0.3, 0.4) is 0 Å². The van der Waals surface area contributed by atoms with Gasteiger partial charge in [0.1, 0.15) is 0 Å². The van der Waals surface area contributed by atoms with E-state index in [1.807, 2.05) is 0 Å². The molecule has 0 radical (unpaired) electrons. The van der Waals surface area contributed by atoms with Crippen LogP contribution in [0.25, 0.3) is 0 Å². The van der Waals surface area contributed by atoms with Gasteiger partial charge in [-0.1, -0.05) is 12.1 Å². The van der Waals surface area contributed by atoms with Gasteiger partial charge in [0.05, 0.1) is 11.1 Å². The Balaban J connectivity index is 1.83. The highest BCUT2D eigenvalue weighted by atomic mass is 16.2. The van der Waals surface area contributed by atoms with Gasteiger partial charge in [0.25, 0.3) is 11.8 Å². The van der Waals surface area contributed by atoms with Crippen molar-refractivity contribution in [3.63, 3.8) is 0 Å². The zero-order chi connectivity index (χ0) is 17.7. The lowest BCUT2D eigenvalue weighted by Crippen LogP contribution is -2.45. The summed E-state index contributed by atoms with van der Waals surface area (Å²) in [5.41, 5.74) is 6.16. The maximum absolute atomic E-state index is 12.2. The minimum atomic E-state index is -0.532. The molecule has 0 aromatic heterocycles. The third-order valence-corrected chi connectivity index (χ3v) is 3.69. The summed E-state index contributed by atoms with van der Waals surface area (Å²) >= 11 is 0. The first-order valence-electron chi connectivity index (χ1n) is 7.68. The molecule has 0 bridgehead atoms. The lowest BCUT2D eigenvalue weighted by molar-refractivity contribution is -0.125. The monoisotopic (exact) mass is 332 g/mol. The molecule has 8 heteroatoms. The van der Waals surface area contributed by atoms with E-state index in [2.05, 4.69) is 5.32 Å². The maximum Gasteiger partial charge on any atom is 0.324 e. The molecule has 0 spiro atoms. The zero-order valence-electron chi connectivity index (χ0n) is 13.4. The van der Waals surface area contributed by atoms with Crippen LogP contribution in [-0.4, -0.2) is 59.7 Å². The summed E-state index contributed by atoms with van der Waals surface area (Å²) in [6, 6.07) is 6.13. The van der Waals surface area contributed by atoms with Crippen LogP contribution in [0.5, 0.6) is 0 Å². The molecule has 1 aliphatic rings. The topological polar surface area (TPSA) is 113 Å². The molecule has 2 rings (SSSR count). The summed E-state index contributed by atoms with van der Waals surface area (Å²) in [6.45, 7) is 2.04. The number of nitrogens with two attached hydrogens (primary N) is 1. The van der Waals surface area contributed by atoms with E-state index in [0.29, 0.717) is 17.5 Å². The Morgan fingerprint density at radius 1 is 1.17 bits per heavy atom. The highest BCUT2D eigenvalue weighted by Crippen LogP contribution is 2.22. The van der Waals surface area contributed by atoms with Gasteiger partial charge in [-0.15, -0.1) is 0 Å². The number of hydrogen-bond acceptors (Lipinski definition) is 5. The van der Waals surface area contributed by atoms with Crippen molar-refractivity contribution in [2.75, 3.05) is 26.2 Å². The highest BCUT2D eigenvalue weighted by molar-refractivity contribution is 6.21. The number of amides is 5.